The van der Waals surface area contributed by atoms with Gasteiger partial charge < -0.3 is 11.1 Å². The van der Waals surface area contributed by atoms with E-state index in [1.54, 1.807) is 0 Å². The predicted molar refractivity (Wildman–Crippen MR) is 25.5 cm³/mol. The Morgan fingerprint density at radius 1 is 1.20 bits per heavy atom. The second-order valence-electron chi connectivity index (χ2n) is 0.0894. The SMILES string of the molecule is I.[K+].[N-]=[N+]=[N-]. The maximum Gasteiger partial charge on any atom is 1.00 e. The van der Waals surface area contributed by atoms with Crippen LogP contribution in [0.5, 0.6) is 0 Å². The van der Waals surface area contributed by atoms with Crippen LogP contribution in [0.1, 0.15) is 0 Å². The molecule has 0 spiro atoms. The minimum atomic E-state index is 0. The molecule has 0 saturated heterocycles. The van der Waals surface area contributed by atoms with Gasteiger partial charge >= 0.3 is 51.4 Å². The molecule has 0 unspecified atom stereocenters. The van der Waals surface area contributed by atoms with E-state index in [0.29, 0.717) is 0 Å². The molecule has 3 nitrogen and oxygen atoms in total. The summed E-state index contributed by atoms with van der Waals surface area (Å²) in [6.45, 7) is 0. The van der Waals surface area contributed by atoms with Gasteiger partial charge in [-0.25, -0.2) is 0 Å². The molecule has 0 heterocycles. The van der Waals surface area contributed by atoms with Gasteiger partial charge in [0, 0.05) is 0 Å². The molecule has 0 aromatic carbocycles. The van der Waals surface area contributed by atoms with Crippen molar-refractivity contribution in [2.75, 3.05) is 0 Å². The van der Waals surface area contributed by atoms with E-state index in [9.17, 15) is 0 Å². The Balaban J connectivity index is -0.0000000200. The molecule has 0 amide bonds. The van der Waals surface area contributed by atoms with Crippen LogP contribution in [-0.4, -0.2) is 0 Å². The zero-order chi connectivity index (χ0) is 2.71. The van der Waals surface area contributed by atoms with Crippen molar-refractivity contribution in [3.8, 4) is 0 Å². The average Bonchev–Trinajstić information content (AvgIpc) is 0.918. The van der Waals surface area contributed by atoms with Crippen LogP contribution in [0.25, 0.3) is 16.0 Å². The minimum absolute atomic E-state index is 0. The maximum atomic E-state index is 6.75. The Morgan fingerprint density at radius 2 is 1.20 bits per heavy atom. The third-order valence-electron chi connectivity index (χ3n) is 0. The van der Waals surface area contributed by atoms with Gasteiger partial charge in [-0.2, -0.15) is 0 Å². The van der Waals surface area contributed by atoms with E-state index < -0.39 is 0 Å². The second kappa shape index (κ2) is 17.3. The van der Waals surface area contributed by atoms with Gasteiger partial charge in [-0.3, -0.25) is 4.91 Å². The van der Waals surface area contributed by atoms with E-state index >= 15 is 0 Å². The summed E-state index contributed by atoms with van der Waals surface area (Å²) < 4.78 is 0. The van der Waals surface area contributed by atoms with Crippen LogP contribution in [0.4, 0.5) is 0 Å². The van der Waals surface area contributed by atoms with Gasteiger partial charge in [-0.05, 0) is 0 Å². The Bertz CT molecular complexity index is 27.9. The minimum Gasteiger partial charge on any atom is -0.373 e. The fourth-order valence-electron chi connectivity index (χ4n) is 0. The molecule has 0 aliphatic carbocycles. The first-order valence-corrected chi connectivity index (χ1v) is 0.400. The quantitative estimate of drug-likeness (QED) is 0.153. The summed E-state index contributed by atoms with van der Waals surface area (Å²) >= 11 is 0. The van der Waals surface area contributed by atoms with Gasteiger partial charge in [0.05, 0.1) is 0 Å². The molecule has 0 saturated carbocycles. The molecule has 0 fully saturated rings. The van der Waals surface area contributed by atoms with Crippen molar-refractivity contribution in [2.45, 2.75) is 0 Å². The topological polar surface area (TPSA) is 58.7 Å². The summed E-state index contributed by atoms with van der Waals surface area (Å²) in [4.78, 5) is 1.50. The van der Waals surface area contributed by atoms with E-state index in [1.807, 2.05) is 0 Å². The van der Waals surface area contributed by atoms with E-state index in [2.05, 4.69) is 0 Å². The number of hydrogen-bond acceptors (Lipinski definition) is 0. The van der Waals surface area contributed by atoms with E-state index in [0.717, 1.165) is 0 Å². The first-order valence-electron chi connectivity index (χ1n) is 0.400. The average molecular weight is 209 g/mol. The second-order valence-corrected chi connectivity index (χ2v) is 0.0894. The summed E-state index contributed by atoms with van der Waals surface area (Å²) in [5, 5.41) is 0. The third kappa shape index (κ3) is 27.3. The fourth-order valence-corrected chi connectivity index (χ4v) is 0. The van der Waals surface area contributed by atoms with Crippen molar-refractivity contribution in [2.24, 2.45) is 0 Å². The number of hydrogen-bond donors (Lipinski definition) is 0. The molecule has 0 atom stereocenters. The largest absolute Gasteiger partial charge is 1.00 e. The molecule has 0 aromatic heterocycles. The van der Waals surface area contributed by atoms with Gasteiger partial charge in [0.1, 0.15) is 0 Å². The summed E-state index contributed by atoms with van der Waals surface area (Å²) in [5.74, 6) is 0. The Kier molecular flexibility index (Phi) is 55.2. The summed E-state index contributed by atoms with van der Waals surface area (Å²) in [6.07, 6.45) is 0. The van der Waals surface area contributed by atoms with Crippen molar-refractivity contribution in [1.29, 1.82) is 0 Å². The van der Waals surface area contributed by atoms with Crippen molar-refractivity contribution >= 4 is 24.0 Å². The van der Waals surface area contributed by atoms with Gasteiger partial charge in [0.25, 0.3) is 0 Å². The maximum absolute atomic E-state index is 6.75. The molecule has 0 N–H and O–H groups in total. The zero-order valence-electron chi connectivity index (χ0n) is 2.75. The van der Waals surface area contributed by atoms with Gasteiger partial charge in [-0.15, -0.1) is 24.0 Å². The van der Waals surface area contributed by atoms with Crippen LogP contribution in [0.3, 0.4) is 0 Å². The smallest absolute Gasteiger partial charge is 0.373 e. The van der Waals surface area contributed by atoms with E-state index in [4.69, 9.17) is 11.1 Å². The van der Waals surface area contributed by atoms with Gasteiger partial charge in [0.15, 0.2) is 0 Å². The molecule has 0 rings (SSSR count). The molecule has 24 valence electrons. The first kappa shape index (κ1) is 15.9. The molecular weight excluding hydrogens is 208 g/mol. The molecular formula is HIKN3. The molecule has 0 aliphatic rings. The van der Waals surface area contributed by atoms with Crippen LogP contribution in [-0.2, 0) is 0 Å². The van der Waals surface area contributed by atoms with E-state index in [-0.39, 0.29) is 75.4 Å². The van der Waals surface area contributed by atoms with Crippen LogP contribution < -0.4 is 51.4 Å². The first-order chi connectivity index (χ1) is 1.41. The van der Waals surface area contributed by atoms with Crippen LogP contribution in [0.15, 0.2) is 0 Å². The molecule has 0 radical (unpaired) electrons. The summed E-state index contributed by atoms with van der Waals surface area (Å²) in [5.41, 5.74) is 13.5. The fraction of sp³-hybridized carbons (Fsp3) is 0. The Labute approximate surface area is 89.4 Å². The summed E-state index contributed by atoms with van der Waals surface area (Å²) in [6, 6.07) is 0. The normalized spacial score (nSPS) is 1.60. The molecule has 0 aromatic rings. The number of nitrogens with zero attached hydrogens (tertiary/aromatic N) is 3. The van der Waals surface area contributed by atoms with Crippen molar-refractivity contribution < 1.29 is 51.4 Å². The van der Waals surface area contributed by atoms with Crippen molar-refractivity contribution in [3.05, 3.63) is 16.0 Å². The van der Waals surface area contributed by atoms with Gasteiger partial charge in [0.2, 0.25) is 0 Å². The molecule has 5 heavy (non-hydrogen) atoms. The zero-order valence-corrected chi connectivity index (χ0v) is 8.20. The Hall–Kier alpha value is 1.68. The van der Waals surface area contributed by atoms with Crippen LogP contribution in [0, 0.1) is 0 Å². The summed E-state index contributed by atoms with van der Waals surface area (Å²) in [7, 11) is 0. The molecule has 0 aliphatic heterocycles. The van der Waals surface area contributed by atoms with Crippen molar-refractivity contribution in [1.82, 2.24) is 0 Å². The number of rotatable bonds is 0. The van der Waals surface area contributed by atoms with Crippen molar-refractivity contribution in [3.63, 3.8) is 0 Å². The molecule has 0 bridgehead atoms. The van der Waals surface area contributed by atoms with Crippen LogP contribution in [0.2, 0.25) is 0 Å². The van der Waals surface area contributed by atoms with Gasteiger partial charge in [-0.1, -0.05) is 0 Å². The third-order valence-corrected chi connectivity index (χ3v) is 0. The Morgan fingerprint density at radius 3 is 1.20 bits per heavy atom. The monoisotopic (exact) mass is 209 g/mol. The van der Waals surface area contributed by atoms with Crippen LogP contribution >= 0.6 is 24.0 Å². The molecule has 5 heteroatoms. The predicted octanol–water partition coefficient (Wildman–Crippen LogP) is -1.51. The number of halogens is 1. The standard InChI is InChI=1S/HI.K.N3/c;;1-3-2/h1H;;/q;+1;-1. The van der Waals surface area contributed by atoms with E-state index in [1.165, 1.54) is 4.91 Å².